The number of carbonyl (C=O) groups is 2. The van der Waals surface area contributed by atoms with E-state index in [4.69, 9.17) is 4.74 Å². The summed E-state index contributed by atoms with van der Waals surface area (Å²) >= 11 is 0. The van der Waals surface area contributed by atoms with E-state index in [0.717, 1.165) is 31.4 Å². The summed E-state index contributed by atoms with van der Waals surface area (Å²) in [7, 11) is 0. The molecule has 2 rings (SSSR count). The topological polar surface area (TPSA) is 82.4 Å². The van der Waals surface area contributed by atoms with Crippen molar-refractivity contribution in [1.29, 1.82) is 5.26 Å². The number of ether oxygens (including phenoxy) is 1. The third kappa shape index (κ3) is 4.72. The summed E-state index contributed by atoms with van der Waals surface area (Å²) in [6.45, 7) is 6.89. The number of anilines is 1. The number of nitrogens with zero attached hydrogens (tertiary/aromatic N) is 2. The molecule has 6 heteroatoms. The van der Waals surface area contributed by atoms with E-state index < -0.39 is 11.7 Å². The van der Waals surface area contributed by atoms with E-state index in [0.29, 0.717) is 17.7 Å². The summed E-state index contributed by atoms with van der Waals surface area (Å²) in [5.74, 6) is 0. The normalized spacial score (nSPS) is 17.8. The van der Waals surface area contributed by atoms with Crippen LogP contribution in [0.1, 0.15) is 49.5 Å². The smallest absolute Gasteiger partial charge is 0.407 e. The van der Waals surface area contributed by atoms with Crippen molar-refractivity contribution in [2.45, 2.75) is 45.3 Å². The Labute approximate surface area is 142 Å². The maximum absolute atomic E-state index is 11.9. The Balaban J connectivity index is 2.07. The van der Waals surface area contributed by atoms with Gasteiger partial charge in [0.2, 0.25) is 0 Å². The van der Waals surface area contributed by atoms with Crippen LogP contribution in [-0.4, -0.2) is 37.1 Å². The minimum Gasteiger partial charge on any atom is -0.444 e. The van der Waals surface area contributed by atoms with Gasteiger partial charge in [-0.2, -0.15) is 5.26 Å². The van der Waals surface area contributed by atoms with Gasteiger partial charge in [-0.1, -0.05) is 0 Å². The molecule has 1 heterocycles. The van der Waals surface area contributed by atoms with Crippen molar-refractivity contribution in [1.82, 2.24) is 5.32 Å². The number of alkyl carbamates (subject to hydrolysis) is 1. The van der Waals surface area contributed by atoms with Crippen molar-refractivity contribution in [3.8, 4) is 6.07 Å². The molecule has 0 aromatic heterocycles. The number of hydrogen-bond acceptors (Lipinski definition) is 5. The summed E-state index contributed by atoms with van der Waals surface area (Å²) < 4.78 is 5.30. The minimum atomic E-state index is -0.531. The van der Waals surface area contributed by atoms with E-state index in [1.807, 2.05) is 20.8 Å². The van der Waals surface area contributed by atoms with E-state index in [-0.39, 0.29) is 6.04 Å². The molecule has 1 aromatic rings. The maximum atomic E-state index is 11.9. The zero-order valence-electron chi connectivity index (χ0n) is 14.3. The van der Waals surface area contributed by atoms with Crippen LogP contribution >= 0.6 is 0 Å². The molecule has 0 aliphatic carbocycles. The molecule has 1 atom stereocenters. The predicted octanol–water partition coefficient (Wildman–Crippen LogP) is 2.86. The number of hydrogen-bond donors (Lipinski definition) is 1. The Bertz CT molecular complexity index is 658. The highest BCUT2D eigenvalue weighted by molar-refractivity contribution is 5.78. The van der Waals surface area contributed by atoms with Crippen LogP contribution in [0.4, 0.5) is 10.5 Å². The third-order valence-electron chi connectivity index (χ3n) is 3.76. The Morgan fingerprint density at radius 3 is 2.83 bits per heavy atom. The van der Waals surface area contributed by atoms with Crippen LogP contribution in [0.3, 0.4) is 0 Å². The number of amides is 1. The van der Waals surface area contributed by atoms with Gasteiger partial charge in [-0.25, -0.2) is 4.79 Å². The Morgan fingerprint density at radius 2 is 2.21 bits per heavy atom. The summed E-state index contributed by atoms with van der Waals surface area (Å²) in [6.07, 6.45) is 2.07. The first-order chi connectivity index (χ1) is 11.3. The van der Waals surface area contributed by atoms with E-state index >= 15 is 0 Å². The number of nitrogens with one attached hydrogen (secondary N) is 1. The lowest BCUT2D eigenvalue weighted by Gasteiger charge is -2.35. The van der Waals surface area contributed by atoms with Gasteiger partial charge in [0.25, 0.3) is 0 Å². The number of carbonyl (C=O) groups excluding carboxylic acids is 2. The van der Waals surface area contributed by atoms with Gasteiger partial charge in [0.05, 0.1) is 11.3 Å². The largest absolute Gasteiger partial charge is 0.444 e. The quantitative estimate of drug-likeness (QED) is 0.862. The third-order valence-corrected chi connectivity index (χ3v) is 3.76. The van der Waals surface area contributed by atoms with Crippen LogP contribution in [0.5, 0.6) is 0 Å². The average molecular weight is 329 g/mol. The second-order valence-electron chi connectivity index (χ2n) is 6.94. The van der Waals surface area contributed by atoms with Crippen molar-refractivity contribution in [2.75, 3.05) is 18.0 Å². The fraction of sp³-hybridized carbons (Fsp3) is 0.500. The lowest BCUT2D eigenvalue weighted by atomic mass is 10.0. The molecular formula is C18H23N3O3. The molecule has 0 radical (unpaired) electrons. The van der Waals surface area contributed by atoms with E-state index in [2.05, 4.69) is 16.3 Å². The van der Waals surface area contributed by atoms with Crippen LogP contribution in [0.25, 0.3) is 0 Å². The minimum absolute atomic E-state index is 0.0362. The molecule has 1 N–H and O–H groups in total. The summed E-state index contributed by atoms with van der Waals surface area (Å²) in [6, 6.07) is 7.19. The van der Waals surface area contributed by atoms with E-state index in [9.17, 15) is 14.9 Å². The van der Waals surface area contributed by atoms with Gasteiger partial charge in [0.15, 0.2) is 0 Å². The monoisotopic (exact) mass is 329 g/mol. The molecule has 1 fully saturated rings. The highest BCUT2D eigenvalue weighted by Crippen LogP contribution is 2.25. The molecule has 24 heavy (non-hydrogen) atoms. The number of aldehydes is 1. The highest BCUT2D eigenvalue weighted by Gasteiger charge is 2.25. The van der Waals surface area contributed by atoms with Crippen molar-refractivity contribution in [3.63, 3.8) is 0 Å². The molecule has 0 bridgehead atoms. The second-order valence-corrected chi connectivity index (χ2v) is 6.94. The van der Waals surface area contributed by atoms with E-state index in [1.165, 1.54) is 0 Å². The molecule has 1 amide bonds. The number of benzene rings is 1. The van der Waals surface area contributed by atoms with Gasteiger partial charge in [-0.05, 0) is 51.8 Å². The summed E-state index contributed by atoms with van der Waals surface area (Å²) in [5, 5.41) is 12.2. The molecular weight excluding hydrogens is 306 g/mol. The van der Waals surface area contributed by atoms with Crippen LogP contribution in [0, 0.1) is 11.3 Å². The molecule has 1 aliphatic rings. The van der Waals surface area contributed by atoms with Gasteiger partial charge in [-0.15, -0.1) is 0 Å². The first kappa shape index (κ1) is 17.8. The van der Waals surface area contributed by atoms with Crippen molar-refractivity contribution in [3.05, 3.63) is 29.3 Å². The number of rotatable bonds is 3. The molecule has 0 spiro atoms. The molecule has 1 saturated heterocycles. The SMILES string of the molecule is CC(C)(C)OC(=O)NC1CCCN(c2ccc(C=O)cc2C#N)C1. The first-order valence-corrected chi connectivity index (χ1v) is 8.06. The average Bonchev–Trinajstić information content (AvgIpc) is 2.52. The van der Waals surface area contributed by atoms with Crippen molar-refractivity contribution in [2.24, 2.45) is 0 Å². The fourth-order valence-corrected chi connectivity index (χ4v) is 2.78. The van der Waals surface area contributed by atoms with Crippen LogP contribution in [0.15, 0.2) is 18.2 Å². The molecule has 128 valence electrons. The fourth-order valence-electron chi connectivity index (χ4n) is 2.78. The van der Waals surface area contributed by atoms with Crippen LogP contribution < -0.4 is 10.2 Å². The molecule has 1 unspecified atom stereocenters. The second kappa shape index (κ2) is 7.35. The molecule has 0 saturated carbocycles. The predicted molar refractivity (Wildman–Crippen MR) is 91.1 cm³/mol. The van der Waals surface area contributed by atoms with Gasteiger partial charge in [0, 0.05) is 24.7 Å². The van der Waals surface area contributed by atoms with Crippen molar-refractivity contribution < 1.29 is 14.3 Å². The Morgan fingerprint density at radius 1 is 1.46 bits per heavy atom. The first-order valence-electron chi connectivity index (χ1n) is 8.06. The maximum Gasteiger partial charge on any atom is 0.407 e. The lowest BCUT2D eigenvalue weighted by molar-refractivity contribution is 0.0500. The number of piperidine rings is 1. The standard InChI is InChI=1S/C18H23N3O3/c1-18(2,3)24-17(23)20-15-5-4-8-21(11-15)16-7-6-13(12-22)9-14(16)10-19/h6-7,9,12,15H,4-5,8,11H2,1-3H3,(H,20,23). The van der Waals surface area contributed by atoms with Crippen LogP contribution in [0.2, 0.25) is 0 Å². The van der Waals surface area contributed by atoms with Crippen LogP contribution in [-0.2, 0) is 4.74 Å². The Kier molecular flexibility index (Phi) is 5.45. The van der Waals surface area contributed by atoms with Crippen molar-refractivity contribution >= 4 is 18.1 Å². The van der Waals surface area contributed by atoms with Gasteiger partial charge < -0.3 is 15.0 Å². The summed E-state index contributed by atoms with van der Waals surface area (Å²) in [4.78, 5) is 24.9. The zero-order chi connectivity index (χ0) is 17.7. The van der Waals surface area contributed by atoms with Gasteiger partial charge in [-0.3, -0.25) is 4.79 Å². The van der Waals surface area contributed by atoms with E-state index in [1.54, 1.807) is 18.2 Å². The molecule has 1 aromatic carbocycles. The summed E-state index contributed by atoms with van der Waals surface area (Å²) in [5.41, 5.74) is 1.21. The zero-order valence-corrected chi connectivity index (χ0v) is 14.3. The van der Waals surface area contributed by atoms with Gasteiger partial charge >= 0.3 is 6.09 Å². The highest BCUT2D eigenvalue weighted by atomic mass is 16.6. The Hall–Kier alpha value is -2.55. The van der Waals surface area contributed by atoms with Gasteiger partial charge in [0.1, 0.15) is 18.0 Å². The lowest BCUT2D eigenvalue weighted by Crippen LogP contribution is -2.49. The number of nitriles is 1. The molecule has 6 nitrogen and oxygen atoms in total. The molecule has 1 aliphatic heterocycles.